The van der Waals surface area contributed by atoms with Crippen molar-refractivity contribution in [3.63, 3.8) is 0 Å². The van der Waals surface area contributed by atoms with Crippen LogP contribution < -0.4 is 10.6 Å². The van der Waals surface area contributed by atoms with Crippen molar-refractivity contribution in [2.45, 2.75) is 44.6 Å². The normalized spacial score (nSPS) is 20.8. The Bertz CT molecular complexity index is 1020. The summed E-state index contributed by atoms with van der Waals surface area (Å²) in [6, 6.07) is 17.0. The molecule has 0 saturated carbocycles. The number of anilines is 1. The highest BCUT2D eigenvalue weighted by Gasteiger charge is 2.28. The molecule has 6 heteroatoms. The van der Waals surface area contributed by atoms with E-state index in [0.29, 0.717) is 5.92 Å². The largest absolute Gasteiger partial charge is 0.371 e. The van der Waals surface area contributed by atoms with Crippen LogP contribution in [0.3, 0.4) is 0 Å². The summed E-state index contributed by atoms with van der Waals surface area (Å²) in [5.74, 6) is 0.514. The Hall–Kier alpha value is -2.15. The third-order valence-electron chi connectivity index (χ3n) is 6.35. The monoisotopic (exact) mass is 438 g/mol. The van der Waals surface area contributed by atoms with Gasteiger partial charge in [-0.25, -0.2) is 8.51 Å². The van der Waals surface area contributed by atoms with Crippen molar-refractivity contribution in [3.8, 4) is 11.3 Å². The van der Waals surface area contributed by atoms with Crippen LogP contribution in [0.5, 0.6) is 0 Å². The summed E-state index contributed by atoms with van der Waals surface area (Å²) in [4.78, 5) is 6.88. The number of benzene rings is 2. The molecule has 166 valence electrons. The van der Waals surface area contributed by atoms with Crippen LogP contribution in [-0.4, -0.2) is 45.7 Å². The molecule has 5 rings (SSSR count). The number of aromatic amines is 1. The highest BCUT2D eigenvalue weighted by molar-refractivity contribution is 7.82. The Balaban J connectivity index is 0.00000112. The zero-order valence-corrected chi connectivity index (χ0v) is 19.6. The predicted molar refractivity (Wildman–Crippen MR) is 132 cm³/mol. The van der Waals surface area contributed by atoms with Gasteiger partial charge in [-0.3, -0.25) is 0 Å². The standard InChI is InChI=1S/C23H28N4OS.C2H6/c1-16(24)18-9-12-26(15-18)23-8-7-19(29(28)27-10-4-11-27)14-20(23)22-13-17-5-2-3-6-21(17)25-22;1-2/h2-3,5-8,13-14,16,18,25H,4,9-12,15,24H2,1H3;1-2H3. The van der Waals surface area contributed by atoms with Crippen LogP contribution in [0.15, 0.2) is 53.4 Å². The van der Waals surface area contributed by atoms with E-state index in [1.807, 2.05) is 30.3 Å². The van der Waals surface area contributed by atoms with Crippen molar-refractivity contribution in [2.24, 2.45) is 11.7 Å². The minimum absolute atomic E-state index is 0.203. The molecule has 0 aliphatic carbocycles. The molecule has 5 nitrogen and oxygen atoms in total. The van der Waals surface area contributed by atoms with Gasteiger partial charge >= 0.3 is 0 Å². The number of aromatic nitrogens is 1. The van der Waals surface area contributed by atoms with E-state index in [1.54, 1.807) is 0 Å². The molecule has 2 saturated heterocycles. The van der Waals surface area contributed by atoms with Gasteiger partial charge in [-0.2, -0.15) is 0 Å². The maximum absolute atomic E-state index is 13.0. The number of hydrogen-bond donors (Lipinski definition) is 2. The van der Waals surface area contributed by atoms with Crippen LogP contribution in [0.25, 0.3) is 22.2 Å². The van der Waals surface area contributed by atoms with Crippen LogP contribution in [0.2, 0.25) is 0 Å². The molecule has 3 N–H and O–H groups in total. The molecule has 3 aromatic rings. The lowest BCUT2D eigenvalue weighted by Gasteiger charge is -2.29. The molecule has 0 radical (unpaired) electrons. The predicted octanol–water partition coefficient (Wildman–Crippen LogP) is 4.76. The molecule has 31 heavy (non-hydrogen) atoms. The summed E-state index contributed by atoms with van der Waals surface area (Å²) in [5.41, 5.74) is 10.7. The summed E-state index contributed by atoms with van der Waals surface area (Å²) in [6.07, 6.45) is 2.25. The third-order valence-corrected chi connectivity index (χ3v) is 7.84. The lowest BCUT2D eigenvalue weighted by atomic mass is 10.0. The lowest BCUT2D eigenvalue weighted by molar-refractivity contribution is 0.328. The fourth-order valence-electron chi connectivity index (χ4n) is 4.37. The van der Waals surface area contributed by atoms with E-state index >= 15 is 0 Å². The van der Waals surface area contributed by atoms with Gasteiger partial charge < -0.3 is 15.6 Å². The first-order chi connectivity index (χ1) is 15.1. The van der Waals surface area contributed by atoms with Gasteiger partial charge in [-0.1, -0.05) is 32.0 Å². The summed E-state index contributed by atoms with van der Waals surface area (Å²) >= 11 is 0. The van der Waals surface area contributed by atoms with Gasteiger partial charge in [0.15, 0.2) is 0 Å². The minimum atomic E-state index is -1.09. The van der Waals surface area contributed by atoms with Crippen molar-refractivity contribution >= 4 is 27.6 Å². The molecule has 0 amide bonds. The molecule has 3 heterocycles. The molecule has 2 aromatic carbocycles. The lowest BCUT2D eigenvalue weighted by Crippen LogP contribution is -2.38. The average molecular weight is 439 g/mol. The van der Waals surface area contributed by atoms with E-state index in [-0.39, 0.29) is 6.04 Å². The van der Waals surface area contributed by atoms with Gasteiger partial charge in [0.25, 0.3) is 0 Å². The van der Waals surface area contributed by atoms with Crippen LogP contribution in [0, 0.1) is 5.92 Å². The molecular weight excluding hydrogens is 404 g/mol. The number of nitrogens with two attached hydrogens (primary N) is 1. The summed E-state index contributed by atoms with van der Waals surface area (Å²) < 4.78 is 15.0. The smallest absolute Gasteiger partial charge is 0.127 e. The second-order valence-corrected chi connectivity index (χ2v) is 9.82. The fraction of sp³-hybridized carbons (Fsp3) is 0.440. The van der Waals surface area contributed by atoms with Crippen LogP contribution in [0.1, 0.15) is 33.6 Å². The van der Waals surface area contributed by atoms with Crippen molar-refractivity contribution in [1.82, 2.24) is 9.29 Å². The quantitative estimate of drug-likeness (QED) is 0.603. The molecule has 2 aliphatic heterocycles. The highest BCUT2D eigenvalue weighted by Crippen LogP contribution is 2.37. The van der Waals surface area contributed by atoms with Gasteiger partial charge in [0, 0.05) is 60.1 Å². The number of nitrogens with zero attached hydrogens (tertiary/aromatic N) is 2. The van der Waals surface area contributed by atoms with Gasteiger partial charge in [-0.05, 0) is 56.0 Å². The maximum atomic E-state index is 13.0. The number of para-hydroxylation sites is 1. The third kappa shape index (κ3) is 4.43. The summed E-state index contributed by atoms with van der Waals surface area (Å²) in [7, 11) is -1.09. The summed E-state index contributed by atoms with van der Waals surface area (Å²) in [6.45, 7) is 9.91. The Morgan fingerprint density at radius 3 is 2.52 bits per heavy atom. The van der Waals surface area contributed by atoms with Crippen LogP contribution in [-0.2, 0) is 11.0 Å². The van der Waals surface area contributed by atoms with Crippen molar-refractivity contribution in [2.75, 3.05) is 31.1 Å². The van der Waals surface area contributed by atoms with E-state index in [4.69, 9.17) is 5.73 Å². The van der Waals surface area contributed by atoms with E-state index in [0.717, 1.165) is 60.7 Å². The zero-order chi connectivity index (χ0) is 22.0. The Morgan fingerprint density at radius 1 is 1.10 bits per heavy atom. The number of fused-ring (bicyclic) bond motifs is 1. The molecule has 2 aliphatic rings. The highest BCUT2D eigenvalue weighted by atomic mass is 32.2. The van der Waals surface area contributed by atoms with E-state index in [9.17, 15) is 4.21 Å². The second-order valence-electron chi connectivity index (χ2n) is 8.33. The van der Waals surface area contributed by atoms with Gasteiger partial charge in [0.1, 0.15) is 11.0 Å². The zero-order valence-electron chi connectivity index (χ0n) is 18.8. The van der Waals surface area contributed by atoms with Gasteiger partial charge in [-0.15, -0.1) is 0 Å². The number of nitrogens with one attached hydrogen (secondary N) is 1. The second kappa shape index (κ2) is 9.55. The maximum Gasteiger partial charge on any atom is 0.127 e. The Kier molecular flexibility index (Phi) is 6.80. The number of hydrogen-bond acceptors (Lipinski definition) is 3. The molecule has 1 aromatic heterocycles. The van der Waals surface area contributed by atoms with Crippen molar-refractivity contribution in [3.05, 3.63) is 48.5 Å². The first-order valence-corrected chi connectivity index (χ1v) is 12.6. The minimum Gasteiger partial charge on any atom is -0.371 e. The Labute approximate surface area is 188 Å². The van der Waals surface area contributed by atoms with Crippen molar-refractivity contribution < 1.29 is 4.21 Å². The molecule has 0 bridgehead atoms. The molecule has 2 fully saturated rings. The Morgan fingerprint density at radius 2 is 1.87 bits per heavy atom. The first kappa shape index (κ1) is 22.1. The molecule has 0 spiro atoms. The fourth-order valence-corrected chi connectivity index (χ4v) is 5.66. The average Bonchev–Trinajstić information content (AvgIpc) is 3.41. The van der Waals surface area contributed by atoms with E-state index < -0.39 is 11.0 Å². The van der Waals surface area contributed by atoms with Crippen molar-refractivity contribution in [1.29, 1.82) is 0 Å². The van der Waals surface area contributed by atoms with Gasteiger partial charge in [0.05, 0.1) is 4.90 Å². The molecule has 3 atom stereocenters. The summed E-state index contributed by atoms with van der Waals surface area (Å²) in [5, 5.41) is 1.19. The number of H-pyrrole nitrogens is 1. The van der Waals surface area contributed by atoms with Crippen LogP contribution >= 0.6 is 0 Å². The number of rotatable bonds is 5. The molecular formula is C25H34N4OS. The van der Waals surface area contributed by atoms with Gasteiger partial charge in [0.2, 0.25) is 0 Å². The first-order valence-electron chi connectivity index (χ1n) is 11.5. The molecule has 3 unspecified atom stereocenters. The SMILES string of the molecule is CC.CC(N)C1CCN(c2ccc(S(=O)N3CCC3)cc2-c2cc3ccccc3[nH]2)C1. The van der Waals surface area contributed by atoms with Crippen LogP contribution in [0.4, 0.5) is 5.69 Å². The topological polar surface area (TPSA) is 65.4 Å². The van der Waals surface area contributed by atoms with E-state index in [2.05, 4.69) is 53.2 Å². The van der Waals surface area contributed by atoms with E-state index in [1.165, 1.54) is 11.1 Å².